The summed E-state index contributed by atoms with van der Waals surface area (Å²) < 4.78 is 8.20. The number of furan rings is 1. The van der Waals surface area contributed by atoms with Gasteiger partial charge < -0.3 is 14.6 Å². The number of hydrogen-bond acceptors (Lipinski definition) is 6. The molecule has 3 aromatic rings. The van der Waals surface area contributed by atoms with Crippen LogP contribution in [0, 0.1) is 5.92 Å². The third kappa shape index (κ3) is 3.04. The van der Waals surface area contributed by atoms with E-state index in [9.17, 15) is 0 Å². The Balaban J connectivity index is 1.17. The first-order valence-corrected chi connectivity index (χ1v) is 9.48. The first kappa shape index (κ1) is 15.3. The minimum absolute atomic E-state index is 0.549. The third-order valence-corrected chi connectivity index (χ3v) is 5.28. The molecule has 0 unspecified atom stereocenters. The van der Waals surface area contributed by atoms with Gasteiger partial charge in [0, 0.05) is 31.5 Å². The lowest BCUT2D eigenvalue weighted by Gasteiger charge is -2.40. The Bertz CT molecular complexity index is 896. The summed E-state index contributed by atoms with van der Waals surface area (Å²) in [5, 5.41) is 16.7. The number of halogens is 1. The molecule has 25 heavy (non-hydrogen) atoms. The molecule has 2 fully saturated rings. The van der Waals surface area contributed by atoms with Crippen molar-refractivity contribution in [3.63, 3.8) is 0 Å². The lowest BCUT2D eigenvalue weighted by Crippen LogP contribution is -2.51. The van der Waals surface area contributed by atoms with E-state index < -0.39 is 0 Å². The summed E-state index contributed by atoms with van der Waals surface area (Å²) in [6, 6.07) is 7.97. The minimum Gasteiger partial charge on any atom is -0.453 e. The van der Waals surface area contributed by atoms with Crippen LogP contribution in [0.5, 0.6) is 0 Å². The van der Waals surface area contributed by atoms with Crippen LogP contribution in [-0.4, -0.2) is 39.4 Å². The summed E-state index contributed by atoms with van der Waals surface area (Å²) >= 11 is 3.32. The van der Waals surface area contributed by atoms with Crippen molar-refractivity contribution in [2.24, 2.45) is 5.92 Å². The molecule has 130 valence electrons. The normalized spacial score (nSPS) is 18.0. The van der Waals surface area contributed by atoms with E-state index in [-0.39, 0.29) is 0 Å². The van der Waals surface area contributed by atoms with Crippen LogP contribution in [0.4, 0.5) is 5.82 Å². The second kappa shape index (κ2) is 6.10. The summed E-state index contributed by atoms with van der Waals surface area (Å²) in [5.41, 5.74) is 0.842. The number of fused-ring (bicyclic) bond motifs is 1. The molecule has 1 saturated heterocycles. The summed E-state index contributed by atoms with van der Waals surface area (Å²) in [6.07, 6.45) is 2.41. The average Bonchev–Trinajstić information content (AvgIpc) is 3.20. The highest BCUT2D eigenvalue weighted by Crippen LogP contribution is 2.38. The Morgan fingerprint density at radius 1 is 1.16 bits per heavy atom. The first-order valence-electron chi connectivity index (χ1n) is 8.68. The summed E-state index contributed by atoms with van der Waals surface area (Å²) in [7, 11) is 0. The highest BCUT2D eigenvalue weighted by molar-refractivity contribution is 9.10. The smallest absolute Gasteiger partial charge is 0.178 e. The second-order valence-electron chi connectivity index (χ2n) is 6.90. The topological polar surface area (TPSA) is 71.5 Å². The van der Waals surface area contributed by atoms with E-state index >= 15 is 0 Å². The maximum atomic E-state index is 5.50. The summed E-state index contributed by atoms with van der Waals surface area (Å²) in [4.78, 5) is 2.31. The van der Waals surface area contributed by atoms with Crippen LogP contribution >= 0.6 is 15.9 Å². The third-order valence-electron chi connectivity index (χ3n) is 4.86. The van der Waals surface area contributed by atoms with Gasteiger partial charge in [0.05, 0.1) is 6.54 Å². The van der Waals surface area contributed by atoms with E-state index in [2.05, 4.69) is 36.3 Å². The maximum absolute atomic E-state index is 5.50. The van der Waals surface area contributed by atoms with E-state index in [1.54, 1.807) is 0 Å². The Morgan fingerprint density at radius 2 is 2.04 bits per heavy atom. The van der Waals surface area contributed by atoms with Gasteiger partial charge in [0.2, 0.25) is 0 Å². The molecule has 8 heteroatoms. The molecule has 0 bridgehead atoms. The van der Waals surface area contributed by atoms with Crippen LogP contribution in [0.2, 0.25) is 0 Å². The Morgan fingerprint density at radius 3 is 2.80 bits per heavy atom. The molecule has 1 aliphatic heterocycles. The molecule has 7 nitrogen and oxygen atoms in total. The molecule has 5 rings (SSSR count). The van der Waals surface area contributed by atoms with E-state index in [4.69, 9.17) is 9.52 Å². The van der Waals surface area contributed by atoms with Gasteiger partial charge in [-0.2, -0.15) is 4.52 Å². The predicted octanol–water partition coefficient (Wildman–Crippen LogP) is 2.58. The van der Waals surface area contributed by atoms with Crippen molar-refractivity contribution >= 4 is 27.4 Å². The molecule has 2 aliphatic rings. The van der Waals surface area contributed by atoms with Crippen molar-refractivity contribution < 1.29 is 4.42 Å². The number of anilines is 1. The zero-order chi connectivity index (χ0) is 16.8. The Labute approximate surface area is 153 Å². The Kier molecular flexibility index (Phi) is 3.74. The fraction of sp³-hybridized carbons (Fsp3) is 0.471. The van der Waals surface area contributed by atoms with Gasteiger partial charge in [0.25, 0.3) is 0 Å². The molecule has 0 amide bonds. The average molecular weight is 403 g/mol. The lowest BCUT2D eigenvalue weighted by atomic mass is 10.0. The number of rotatable bonds is 6. The van der Waals surface area contributed by atoms with Crippen LogP contribution < -0.4 is 10.2 Å². The zero-order valence-corrected chi connectivity index (χ0v) is 15.3. The highest BCUT2D eigenvalue weighted by atomic mass is 79.9. The maximum Gasteiger partial charge on any atom is 0.178 e. The molecule has 1 saturated carbocycles. The van der Waals surface area contributed by atoms with Crippen LogP contribution in [0.25, 0.3) is 5.65 Å². The van der Waals surface area contributed by atoms with Crippen molar-refractivity contribution in [1.82, 2.24) is 25.1 Å². The monoisotopic (exact) mass is 402 g/mol. The van der Waals surface area contributed by atoms with Crippen molar-refractivity contribution in [1.29, 1.82) is 0 Å². The van der Waals surface area contributed by atoms with Gasteiger partial charge in [-0.1, -0.05) is 0 Å². The lowest BCUT2D eigenvalue weighted by molar-refractivity contribution is 0.369. The van der Waals surface area contributed by atoms with E-state index in [1.807, 2.05) is 28.8 Å². The quantitative estimate of drug-likeness (QED) is 0.682. The van der Waals surface area contributed by atoms with Gasteiger partial charge in [-0.15, -0.1) is 15.3 Å². The van der Waals surface area contributed by atoms with E-state index in [1.165, 1.54) is 12.8 Å². The van der Waals surface area contributed by atoms with Crippen LogP contribution in [0.15, 0.2) is 33.4 Å². The van der Waals surface area contributed by atoms with Gasteiger partial charge in [0.15, 0.2) is 16.1 Å². The van der Waals surface area contributed by atoms with Gasteiger partial charge in [-0.05, 0) is 53.0 Å². The molecular formula is C17H19BrN6O. The molecule has 0 radical (unpaired) electrons. The molecule has 4 heterocycles. The highest BCUT2D eigenvalue weighted by Gasteiger charge is 2.31. The summed E-state index contributed by atoms with van der Waals surface area (Å²) in [6.45, 7) is 3.79. The fourth-order valence-electron chi connectivity index (χ4n) is 3.29. The molecule has 0 aromatic carbocycles. The minimum atomic E-state index is 0.549. The predicted molar refractivity (Wildman–Crippen MR) is 96.6 cm³/mol. The van der Waals surface area contributed by atoms with Crippen LogP contribution in [0.1, 0.15) is 30.3 Å². The molecule has 0 atom stereocenters. The second-order valence-corrected chi connectivity index (χ2v) is 7.68. The Hall–Kier alpha value is -1.93. The molecule has 0 spiro atoms. The largest absolute Gasteiger partial charge is 0.453 e. The van der Waals surface area contributed by atoms with Crippen molar-refractivity contribution in [2.45, 2.75) is 25.3 Å². The number of nitrogens with zero attached hydrogens (tertiary/aromatic N) is 5. The van der Waals surface area contributed by atoms with Crippen molar-refractivity contribution in [3.8, 4) is 0 Å². The first-order chi connectivity index (χ1) is 12.3. The SMILES string of the molecule is Brc1ccc(CNCC2CN(c3ccc4nnc(C5CC5)n4n3)C2)o1. The molecule has 1 aliphatic carbocycles. The van der Waals surface area contributed by atoms with Gasteiger partial charge in [-0.25, -0.2) is 0 Å². The van der Waals surface area contributed by atoms with E-state index in [0.29, 0.717) is 11.8 Å². The van der Waals surface area contributed by atoms with Gasteiger partial charge in [0.1, 0.15) is 11.6 Å². The molecule has 3 aromatic heterocycles. The van der Waals surface area contributed by atoms with Crippen LogP contribution in [0.3, 0.4) is 0 Å². The van der Waals surface area contributed by atoms with Crippen LogP contribution in [-0.2, 0) is 6.54 Å². The van der Waals surface area contributed by atoms with Gasteiger partial charge in [-0.3, -0.25) is 0 Å². The number of nitrogens with one attached hydrogen (secondary N) is 1. The molecular weight excluding hydrogens is 384 g/mol. The van der Waals surface area contributed by atoms with Gasteiger partial charge >= 0.3 is 0 Å². The summed E-state index contributed by atoms with van der Waals surface area (Å²) in [5.74, 6) is 4.17. The van der Waals surface area contributed by atoms with Crippen molar-refractivity contribution in [2.75, 3.05) is 24.5 Å². The zero-order valence-electron chi connectivity index (χ0n) is 13.7. The number of hydrogen-bond donors (Lipinski definition) is 1. The molecule has 1 N–H and O–H groups in total. The number of aromatic nitrogens is 4. The van der Waals surface area contributed by atoms with Crippen molar-refractivity contribution in [3.05, 3.63) is 40.5 Å². The fourth-order valence-corrected chi connectivity index (χ4v) is 3.63. The van der Waals surface area contributed by atoms with E-state index in [0.717, 1.165) is 53.9 Å². The standard InChI is InChI=1S/C17H19BrN6O/c18-14-4-3-13(25-14)8-19-7-11-9-23(10-11)16-6-5-15-20-21-17(12-1-2-12)24(15)22-16/h3-6,11-12,19H,1-2,7-10H2.